The van der Waals surface area contributed by atoms with Crippen molar-refractivity contribution in [3.8, 4) is 0 Å². The molecule has 1 aromatic rings. The SMILES string of the molecule is O=C(NCCC(=O)N1CC(O)C[C@H]1C(=O)O)c1ccoc1. The molecule has 21 heavy (non-hydrogen) atoms. The summed E-state index contributed by atoms with van der Waals surface area (Å²) in [5.41, 5.74) is 0.349. The van der Waals surface area contributed by atoms with Crippen molar-refractivity contribution in [2.24, 2.45) is 0 Å². The van der Waals surface area contributed by atoms with Gasteiger partial charge >= 0.3 is 5.97 Å². The lowest BCUT2D eigenvalue weighted by Crippen LogP contribution is -2.41. The first-order valence-corrected chi connectivity index (χ1v) is 6.49. The fourth-order valence-electron chi connectivity index (χ4n) is 2.25. The highest BCUT2D eigenvalue weighted by Crippen LogP contribution is 2.18. The predicted octanol–water partition coefficient (Wildman–Crippen LogP) is -0.554. The third kappa shape index (κ3) is 3.60. The van der Waals surface area contributed by atoms with Crippen LogP contribution in [0.1, 0.15) is 23.2 Å². The Morgan fingerprint density at radius 2 is 2.19 bits per heavy atom. The number of hydrogen-bond acceptors (Lipinski definition) is 5. The van der Waals surface area contributed by atoms with Gasteiger partial charge in [0.15, 0.2) is 0 Å². The van der Waals surface area contributed by atoms with Crippen molar-refractivity contribution in [1.82, 2.24) is 10.2 Å². The number of likely N-dealkylation sites (tertiary alicyclic amines) is 1. The number of amides is 2. The first-order valence-electron chi connectivity index (χ1n) is 6.49. The topological polar surface area (TPSA) is 120 Å². The molecule has 1 aliphatic rings. The first-order chi connectivity index (χ1) is 9.99. The monoisotopic (exact) mass is 296 g/mol. The average molecular weight is 296 g/mol. The van der Waals surface area contributed by atoms with E-state index in [0.717, 1.165) is 4.90 Å². The minimum atomic E-state index is -1.14. The van der Waals surface area contributed by atoms with Crippen LogP contribution in [-0.2, 0) is 9.59 Å². The van der Waals surface area contributed by atoms with Gasteiger partial charge in [0.05, 0.1) is 17.9 Å². The third-order valence-electron chi connectivity index (χ3n) is 3.29. The van der Waals surface area contributed by atoms with E-state index in [1.165, 1.54) is 18.6 Å². The summed E-state index contributed by atoms with van der Waals surface area (Å²) >= 11 is 0. The van der Waals surface area contributed by atoms with Gasteiger partial charge in [0.2, 0.25) is 5.91 Å². The van der Waals surface area contributed by atoms with E-state index >= 15 is 0 Å². The van der Waals surface area contributed by atoms with Gasteiger partial charge in [-0.15, -0.1) is 0 Å². The highest BCUT2D eigenvalue weighted by molar-refractivity contribution is 5.94. The standard InChI is InChI=1S/C13H16N2O6/c16-9-5-10(13(19)20)15(6-9)11(17)1-3-14-12(18)8-2-4-21-7-8/h2,4,7,9-10,16H,1,3,5-6H2,(H,14,18)(H,19,20)/t9?,10-/m0/s1. The van der Waals surface area contributed by atoms with Crippen LogP contribution in [0.3, 0.4) is 0 Å². The van der Waals surface area contributed by atoms with Gasteiger partial charge in [0, 0.05) is 25.9 Å². The molecule has 2 heterocycles. The van der Waals surface area contributed by atoms with Crippen molar-refractivity contribution in [3.05, 3.63) is 24.2 Å². The Bertz CT molecular complexity index is 527. The summed E-state index contributed by atoms with van der Waals surface area (Å²) in [6.45, 7) is 0.0905. The molecule has 1 aromatic heterocycles. The van der Waals surface area contributed by atoms with Crippen LogP contribution in [-0.4, -0.2) is 58.1 Å². The highest BCUT2D eigenvalue weighted by atomic mass is 16.4. The second kappa shape index (κ2) is 6.40. The van der Waals surface area contributed by atoms with E-state index in [9.17, 15) is 19.5 Å². The number of hydrogen-bond donors (Lipinski definition) is 3. The number of aliphatic carboxylic acids is 1. The molecule has 1 fully saturated rings. The molecule has 1 saturated heterocycles. The summed E-state index contributed by atoms with van der Waals surface area (Å²) in [4.78, 5) is 35.7. The van der Waals surface area contributed by atoms with Crippen LogP contribution in [0, 0.1) is 0 Å². The predicted molar refractivity (Wildman–Crippen MR) is 69.4 cm³/mol. The average Bonchev–Trinajstić information content (AvgIpc) is 3.07. The summed E-state index contributed by atoms with van der Waals surface area (Å²) < 4.78 is 4.77. The van der Waals surface area contributed by atoms with E-state index in [1.54, 1.807) is 0 Å². The maximum atomic E-state index is 12.0. The largest absolute Gasteiger partial charge is 0.480 e. The molecular weight excluding hydrogens is 280 g/mol. The molecule has 2 amide bonds. The van der Waals surface area contributed by atoms with Gasteiger partial charge in [0.25, 0.3) is 5.91 Å². The Kier molecular flexibility index (Phi) is 4.59. The summed E-state index contributed by atoms with van der Waals surface area (Å²) in [5.74, 6) is -1.92. The van der Waals surface area contributed by atoms with Gasteiger partial charge in [0.1, 0.15) is 12.3 Å². The Hall–Kier alpha value is -2.35. The molecule has 0 spiro atoms. The van der Waals surface area contributed by atoms with Gasteiger partial charge in [-0.3, -0.25) is 9.59 Å². The highest BCUT2D eigenvalue weighted by Gasteiger charge is 2.38. The Labute approximate surface area is 120 Å². The van der Waals surface area contributed by atoms with Crippen molar-refractivity contribution in [1.29, 1.82) is 0 Å². The number of nitrogens with one attached hydrogen (secondary N) is 1. The lowest BCUT2D eigenvalue weighted by atomic mass is 10.2. The van der Waals surface area contributed by atoms with Gasteiger partial charge in [-0.25, -0.2) is 4.79 Å². The summed E-state index contributed by atoms with van der Waals surface area (Å²) in [6.07, 6.45) is 1.83. The van der Waals surface area contributed by atoms with E-state index < -0.39 is 24.0 Å². The van der Waals surface area contributed by atoms with Gasteiger partial charge in [-0.05, 0) is 6.07 Å². The van der Waals surface area contributed by atoms with E-state index in [0.29, 0.717) is 5.56 Å². The molecule has 1 unspecified atom stereocenters. The normalized spacial score (nSPS) is 21.3. The minimum absolute atomic E-state index is 0.00543. The number of furan rings is 1. The van der Waals surface area contributed by atoms with Crippen LogP contribution in [0.4, 0.5) is 0 Å². The van der Waals surface area contributed by atoms with Crippen molar-refractivity contribution in [2.75, 3.05) is 13.1 Å². The summed E-state index contributed by atoms with van der Waals surface area (Å²) in [6, 6.07) is 0.492. The Balaban J connectivity index is 1.81. The van der Waals surface area contributed by atoms with Crippen molar-refractivity contribution >= 4 is 17.8 Å². The molecular formula is C13H16N2O6. The van der Waals surface area contributed by atoms with E-state index in [2.05, 4.69) is 5.32 Å². The Morgan fingerprint density at radius 1 is 1.43 bits per heavy atom. The molecule has 0 aliphatic carbocycles. The maximum Gasteiger partial charge on any atom is 0.326 e. The second-order valence-electron chi connectivity index (χ2n) is 4.81. The molecule has 3 N–H and O–H groups in total. The van der Waals surface area contributed by atoms with Crippen LogP contribution in [0.25, 0.3) is 0 Å². The van der Waals surface area contributed by atoms with Crippen LogP contribution in [0.2, 0.25) is 0 Å². The molecule has 114 valence electrons. The van der Waals surface area contributed by atoms with Crippen molar-refractivity contribution in [3.63, 3.8) is 0 Å². The number of aliphatic hydroxyl groups excluding tert-OH is 1. The fraction of sp³-hybridized carbons (Fsp3) is 0.462. The van der Waals surface area contributed by atoms with Crippen molar-refractivity contribution in [2.45, 2.75) is 25.0 Å². The fourth-order valence-corrected chi connectivity index (χ4v) is 2.25. The lowest BCUT2D eigenvalue weighted by molar-refractivity contribution is -0.148. The molecule has 0 aromatic carbocycles. The molecule has 1 aliphatic heterocycles. The number of carbonyl (C=O) groups excluding carboxylic acids is 2. The van der Waals surface area contributed by atoms with E-state index in [1.807, 2.05) is 0 Å². The van der Waals surface area contributed by atoms with Crippen LogP contribution in [0.15, 0.2) is 23.0 Å². The zero-order valence-electron chi connectivity index (χ0n) is 11.2. The zero-order chi connectivity index (χ0) is 15.4. The number of carboxylic acids is 1. The number of rotatable bonds is 5. The Morgan fingerprint density at radius 3 is 2.81 bits per heavy atom. The minimum Gasteiger partial charge on any atom is -0.480 e. The molecule has 2 atom stereocenters. The lowest BCUT2D eigenvalue weighted by Gasteiger charge is -2.21. The van der Waals surface area contributed by atoms with E-state index in [-0.39, 0.29) is 31.8 Å². The van der Waals surface area contributed by atoms with Gasteiger partial charge in [-0.1, -0.05) is 0 Å². The van der Waals surface area contributed by atoms with E-state index in [4.69, 9.17) is 9.52 Å². The summed E-state index contributed by atoms with van der Waals surface area (Å²) in [5, 5.41) is 21.0. The molecule has 8 heteroatoms. The van der Waals surface area contributed by atoms with Crippen LogP contribution in [0.5, 0.6) is 0 Å². The quantitative estimate of drug-likeness (QED) is 0.670. The number of carbonyl (C=O) groups is 3. The molecule has 2 rings (SSSR count). The number of aliphatic hydroxyl groups is 1. The van der Waals surface area contributed by atoms with Crippen LogP contribution >= 0.6 is 0 Å². The van der Waals surface area contributed by atoms with Gasteiger partial charge < -0.3 is 24.8 Å². The zero-order valence-corrected chi connectivity index (χ0v) is 11.2. The molecule has 0 bridgehead atoms. The number of nitrogens with zero attached hydrogens (tertiary/aromatic N) is 1. The second-order valence-corrected chi connectivity index (χ2v) is 4.81. The third-order valence-corrected chi connectivity index (χ3v) is 3.29. The van der Waals surface area contributed by atoms with Crippen LogP contribution < -0.4 is 5.32 Å². The smallest absolute Gasteiger partial charge is 0.326 e. The molecule has 0 saturated carbocycles. The molecule has 8 nitrogen and oxygen atoms in total. The first kappa shape index (κ1) is 15.0. The number of β-amino-alcohol motifs (C(OH)–C–C–N with tert-alkyl or cyclic N) is 1. The number of carboxylic acid groups (broad SMARTS) is 1. The van der Waals surface area contributed by atoms with Crippen molar-refractivity contribution < 1.29 is 29.0 Å². The maximum absolute atomic E-state index is 12.0. The molecule has 0 radical (unpaired) electrons. The van der Waals surface area contributed by atoms with Gasteiger partial charge in [-0.2, -0.15) is 0 Å². The summed E-state index contributed by atoms with van der Waals surface area (Å²) in [7, 11) is 0.